The number of ether oxygens (including phenoxy) is 1. The Morgan fingerprint density at radius 3 is 2.74 bits per heavy atom. The molecule has 0 radical (unpaired) electrons. The average molecular weight is 265 g/mol. The number of nitrogens with one attached hydrogen (secondary N) is 1. The highest BCUT2D eigenvalue weighted by Gasteiger charge is 2.15. The molecular formula is C13H15NO5. The highest BCUT2D eigenvalue weighted by atomic mass is 16.5. The Morgan fingerprint density at radius 1 is 1.42 bits per heavy atom. The molecule has 1 aromatic carbocycles. The first-order valence-electron chi connectivity index (χ1n) is 5.58. The van der Waals surface area contributed by atoms with Crippen molar-refractivity contribution in [1.82, 2.24) is 5.32 Å². The van der Waals surface area contributed by atoms with Gasteiger partial charge in [0.25, 0.3) is 0 Å². The van der Waals surface area contributed by atoms with E-state index in [0.29, 0.717) is 18.2 Å². The summed E-state index contributed by atoms with van der Waals surface area (Å²) in [6.07, 6.45) is 0.942. The summed E-state index contributed by atoms with van der Waals surface area (Å²) in [4.78, 5) is 21.7. The second-order valence-electron chi connectivity index (χ2n) is 3.75. The zero-order valence-corrected chi connectivity index (χ0v) is 10.4. The number of hydrogen-bond acceptors (Lipinski definition) is 5. The van der Waals surface area contributed by atoms with E-state index >= 15 is 0 Å². The van der Waals surface area contributed by atoms with E-state index < -0.39 is 18.0 Å². The van der Waals surface area contributed by atoms with E-state index in [-0.39, 0.29) is 5.75 Å². The summed E-state index contributed by atoms with van der Waals surface area (Å²) in [5.41, 5.74) is 0.617. The third-order valence-electron chi connectivity index (χ3n) is 2.25. The molecule has 0 saturated carbocycles. The van der Waals surface area contributed by atoms with E-state index in [1.165, 1.54) is 12.1 Å². The third-order valence-corrected chi connectivity index (χ3v) is 2.25. The summed E-state index contributed by atoms with van der Waals surface area (Å²) in [6.45, 7) is 0.343. The Hall–Kier alpha value is -2.34. The predicted octanol–water partition coefficient (Wildman–Crippen LogP) is 0.837. The van der Waals surface area contributed by atoms with E-state index in [1.54, 1.807) is 19.2 Å². The van der Waals surface area contributed by atoms with Gasteiger partial charge in [-0.2, -0.15) is 0 Å². The predicted molar refractivity (Wildman–Crippen MR) is 67.6 cm³/mol. The van der Waals surface area contributed by atoms with Crippen LogP contribution in [0, 0.1) is 0 Å². The molecule has 1 rings (SSSR count). The van der Waals surface area contributed by atoms with Crippen LogP contribution in [0.5, 0.6) is 5.75 Å². The summed E-state index contributed by atoms with van der Waals surface area (Å²) in [6, 6.07) is 6.33. The minimum atomic E-state index is -1.22. The summed E-state index contributed by atoms with van der Waals surface area (Å²) >= 11 is 0. The number of benzene rings is 1. The second-order valence-corrected chi connectivity index (χ2v) is 3.75. The molecule has 6 heteroatoms. The molecule has 0 bridgehead atoms. The van der Waals surface area contributed by atoms with Crippen LogP contribution >= 0.6 is 0 Å². The number of phenols is 1. The smallest absolute Gasteiger partial charge is 0.331 e. The molecule has 0 fully saturated rings. The quantitative estimate of drug-likeness (QED) is 0.521. The minimum absolute atomic E-state index is 0.0655. The Balaban J connectivity index is 2.78. The molecule has 0 amide bonds. The van der Waals surface area contributed by atoms with Crippen LogP contribution in [0.2, 0.25) is 0 Å². The lowest BCUT2D eigenvalue weighted by Crippen LogP contribution is -2.21. The van der Waals surface area contributed by atoms with Gasteiger partial charge >= 0.3 is 11.9 Å². The van der Waals surface area contributed by atoms with Crippen LogP contribution in [0.3, 0.4) is 0 Å². The van der Waals surface area contributed by atoms with Crippen molar-refractivity contribution < 1.29 is 24.5 Å². The second kappa shape index (κ2) is 7.17. The maximum atomic E-state index is 11.4. The number of carboxylic acids is 1. The van der Waals surface area contributed by atoms with Gasteiger partial charge in [-0.1, -0.05) is 12.1 Å². The SMILES string of the molecule is CNCC(OC(=O)/C=C\C(=O)O)c1cccc(O)c1. The molecule has 1 atom stereocenters. The number of likely N-dealkylation sites (N-methyl/N-ethyl adjacent to an activating group) is 1. The van der Waals surface area contributed by atoms with Gasteiger partial charge in [-0.3, -0.25) is 0 Å². The van der Waals surface area contributed by atoms with Gasteiger partial charge in [-0.15, -0.1) is 0 Å². The number of aliphatic carboxylic acids is 1. The summed E-state index contributed by atoms with van der Waals surface area (Å²) in [7, 11) is 1.69. The highest BCUT2D eigenvalue weighted by Crippen LogP contribution is 2.21. The van der Waals surface area contributed by atoms with Crippen LogP contribution in [0.15, 0.2) is 36.4 Å². The van der Waals surface area contributed by atoms with Gasteiger partial charge in [0.2, 0.25) is 0 Å². The minimum Gasteiger partial charge on any atom is -0.508 e. The Kier molecular flexibility index (Phi) is 5.56. The van der Waals surface area contributed by atoms with Crippen molar-refractivity contribution in [2.24, 2.45) is 0 Å². The van der Waals surface area contributed by atoms with E-state index in [9.17, 15) is 14.7 Å². The Labute approximate surface area is 110 Å². The maximum absolute atomic E-state index is 11.4. The fraction of sp³-hybridized carbons (Fsp3) is 0.231. The molecule has 1 aromatic rings. The lowest BCUT2D eigenvalue weighted by atomic mass is 10.1. The van der Waals surface area contributed by atoms with Gasteiger partial charge in [-0.25, -0.2) is 9.59 Å². The normalized spacial score (nSPS) is 12.3. The van der Waals surface area contributed by atoms with Crippen molar-refractivity contribution in [3.63, 3.8) is 0 Å². The van der Waals surface area contributed by atoms with E-state index in [4.69, 9.17) is 9.84 Å². The standard InChI is InChI=1S/C13H15NO5/c1-14-8-11(9-3-2-4-10(15)7-9)19-13(18)6-5-12(16)17/h2-7,11,14-15H,8H2,1H3,(H,16,17)/b6-5-. The van der Waals surface area contributed by atoms with Crippen molar-refractivity contribution in [3.8, 4) is 5.75 Å². The molecule has 1 unspecified atom stereocenters. The van der Waals surface area contributed by atoms with Crippen molar-refractivity contribution >= 4 is 11.9 Å². The van der Waals surface area contributed by atoms with Gasteiger partial charge in [0.15, 0.2) is 0 Å². The number of hydrogen-bond donors (Lipinski definition) is 3. The molecule has 0 heterocycles. The van der Waals surface area contributed by atoms with Gasteiger partial charge in [0.1, 0.15) is 11.9 Å². The first kappa shape index (κ1) is 14.7. The first-order chi connectivity index (χ1) is 9.02. The third kappa shape index (κ3) is 5.22. The summed E-state index contributed by atoms with van der Waals surface area (Å²) in [5, 5.41) is 20.7. The number of esters is 1. The Morgan fingerprint density at radius 2 is 2.16 bits per heavy atom. The zero-order chi connectivity index (χ0) is 14.3. The Bertz CT molecular complexity index is 484. The fourth-order valence-corrected chi connectivity index (χ4v) is 1.46. The number of rotatable bonds is 6. The van der Waals surface area contributed by atoms with Crippen LogP contribution in [0.1, 0.15) is 11.7 Å². The van der Waals surface area contributed by atoms with Gasteiger partial charge < -0.3 is 20.3 Å². The summed E-state index contributed by atoms with van der Waals surface area (Å²) in [5.74, 6) is -1.92. The van der Waals surface area contributed by atoms with Crippen molar-refractivity contribution in [1.29, 1.82) is 0 Å². The molecule has 3 N–H and O–H groups in total. The molecule has 6 nitrogen and oxygen atoms in total. The van der Waals surface area contributed by atoms with Gasteiger partial charge in [0, 0.05) is 18.7 Å². The van der Waals surface area contributed by atoms with Crippen LogP contribution in [-0.2, 0) is 14.3 Å². The molecule has 0 aliphatic rings. The molecule has 0 spiro atoms. The largest absolute Gasteiger partial charge is 0.508 e. The van der Waals surface area contributed by atoms with Crippen LogP contribution in [0.25, 0.3) is 0 Å². The maximum Gasteiger partial charge on any atom is 0.331 e. The van der Waals surface area contributed by atoms with E-state index in [0.717, 1.165) is 6.08 Å². The molecule has 0 aliphatic heterocycles. The van der Waals surface area contributed by atoms with Crippen LogP contribution < -0.4 is 5.32 Å². The molecule has 0 saturated heterocycles. The molecule has 0 aromatic heterocycles. The molecule has 0 aliphatic carbocycles. The molecule has 19 heavy (non-hydrogen) atoms. The van der Waals surface area contributed by atoms with Gasteiger partial charge in [-0.05, 0) is 24.7 Å². The van der Waals surface area contributed by atoms with Crippen molar-refractivity contribution in [2.45, 2.75) is 6.10 Å². The average Bonchev–Trinajstić information content (AvgIpc) is 2.36. The van der Waals surface area contributed by atoms with E-state index in [1.807, 2.05) is 0 Å². The highest BCUT2D eigenvalue weighted by molar-refractivity contribution is 5.90. The van der Waals surface area contributed by atoms with Crippen molar-refractivity contribution in [2.75, 3.05) is 13.6 Å². The molecule has 102 valence electrons. The van der Waals surface area contributed by atoms with Gasteiger partial charge in [0.05, 0.1) is 0 Å². The number of phenolic OH excluding ortho intramolecular Hbond substituents is 1. The number of carbonyl (C=O) groups is 2. The van der Waals surface area contributed by atoms with Crippen molar-refractivity contribution in [3.05, 3.63) is 42.0 Å². The monoisotopic (exact) mass is 265 g/mol. The fourth-order valence-electron chi connectivity index (χ4n) is 1.46. The number of aromatic hydroxyl groups is 1. The number of carbonyl (C=O) groups excluding carboxylic acids is 1. The van der Waals surface area contributed by atoms with E-state index in [2.05, 4.69) is 5.32 Å². The lowest BCUT2D eigenvalue weighted by Gasteiger charge is -2.17. The number of carboxylic acid groups (broad SMARTS) is 1. The van der Waals surface area contributed by atoms with Crippen LogP contribution in [0.4, 0.5) is 0 Å². The lowest BCUT2D eigenvalue weighted by molar-refractivity contribution is -0.143. The van der Waals surface area contributed by atoms with Crippen LogP contribution in [-0.4, -0.2) is 35.7 Å². The molecular weight excluding hydrogens is 250 g/mol. The summed E-state index contributed by atoms with van der Waals surface area (Å²) < 4.78 is 5.12. The first-order valence-corrected chi connectivity index (χ1v) is 5.58. The zero-order valence-electron chi connectivity index (χ0n) is 10.4. The topological polar surface area (TPSA) is 95.9 Å².